The van der Waals surface area contributed by atoms with Crippen LogP contribution >= 0.6 is 23.2 Å². The third kappa shape index (κ3) is 5.23. The number of hydrogen-bond acceptors (Lipinski definition) is 4. The molecule has 0 aliphatic carbocycles. The lowest BCUT2D eigenvalue weighted by Crippen LogP contribution is -2.28. The van der Waals surface area contributed by atoms with Crippen molar-refractivity contribution in [3.8, 4) is 0 Å². The van der Waals surface area contributed by atoms with Crippen molar-refractivity contribution in [3.63, 3.8) is 0 Å². The van der Waals surface area contributed by atoms with Crippen LogP contribution in [-0.4, -0.2) is 36.7 Å². The Morgan fingerprint density at radius 2 is 2.00 bits per heavy atom. The minimum absolute atomic E-state index is 0.117. The third-order valence-electron chi connectivity index (χ3n) is 4.52. The molecule has 148 valence electrons. The summed E-state index contributed by atoms with van der Waals surface area (Å²) in [4.78, 5) is 23.7. The number of carbonyl (C=O) groups excluding carboxylic acids is 1. The highest BCUT2D eigenvalue weighted by Crippen LogP contribution is 2.33. The van der Waals surface area contributed by atoms with Crippen molar-refractivity contribution in [3.05, 3.63) is 63.6 Å². The standard InChI is InChI=1S/C20H20Cl2N2O4/c21-16-5-4-12(9-17(16)22)19-14(11-23-6-7-28-19)10-18(25)24-15-3-1-2-13(8-15)20(26)27/h1-5,8-9,14,19,23H,6-7,10-11H2,(H,24,25)(H,26,27). The van der Waals surface area contributed by atoms with Gasteiger partial charge in [-0.2, -0.15) is 0 Å². The second-order valence-corrected chi connectivity index (χ2v) is 7.38. The van der Waals surface area contributed by atoms with Crippen LogP contribution in [0.5, 0.6) is 0 Å². The number of ether oxygens (including phenoxy) is 1. The number of rotatable bonds is 5. The normalized spacial score (nSPS) is 19.6. The predicted molar refractivity (Wildman–Crippen MR) is 108 cm³/mol. The molecule has 3 N–H and O–H groups in total. The highest BCUT2D eigenvalue weighted by molar-refractivity contribution is 6.42. The molecule has 2 aromatic carbocycles. The summed E-state index contributed by atoms with van der Waals surface area (Å²) in [6.45, 7) is 1.81. The molecule has 0 aromatic heterocycles. The van der Waals surface area contributed by atoms with E-state index in [2.05, 4.69) is 10.6 Å². The molecule has 3 rings (SSSR count). The largest absolute Gasteiger partial charge is 0.478 e. The Morgan fingerprint density at radius 1 is 1.18 bits per heavy atom. The van der Waals surface area contributed by atoms with Gasteiger partial charge in [0.05, 0.1) is 28.3 Å². The number of carbonyl (C=O) groups is 2. The van der Waals surface area contributed by atoms with Gasteiger partial charge in [0.15, 0.2) is 0 Å². The summed E-state index contributed by atoms with van der Waals surface area (Å²) in [5, 5.41) is 16.0. The highest BCUT2D eigenvalue weighted by Gasteiger charge is 2.28. The van der Waals surface area contributed by atoms with Crippen LogP contribution in [0, 0.1) is 5.92 Å². The maximum Gasteiger partial charge on any atom is 0.335 e. The second-order valence-electron chi connectivity index (χ2n) is 6.57. The van der Waals surface area contributed by atoms with E-state index in [1.54, 1.807) is 24.3 Å². The van der Waals surface area contributed by atoms with E-state index < -0.39 is 5.97 Å². The van der Waals surface area contributed by atoms with E-state index in [1.807, 2.05) is 6.07 Å². The van der Waals surface area contributed by atoms with E-state index in [4.69, 9.17) is 33.0 Å². The Labute approximate surface area is 172 Å². The number of amides is 1. The number of halogens is 2. The van der Waals surface area contributed by atoms with Crippen molar-refractivity contribution in [2.24, 2.45) is 5.92 Å². The van der Waals surface area contributed by atoms with Gasteiger partial charge in [0, 0.05) is 31.1 Å². The van der Waals surface area contributed by atoms with Crippen molar-refractivity contribution >= 4 is 40.8 Å². The van der Waals surface area contributed by atoms with Gasteiger partial charge in [-0.25, -0.2) is 4.79 Å². The SMILES string of the molecule is O=C(CC1CNCCOC1c1ccc(Cl)c(Cl)c1)Nc1cccc(C(=O)O)c1. The molecule has 8 heteroatoms. The molecule has 1 aliphatic heterocycles. The monoisotopic (exact) mass is 422 g/mol. The zero-order valence-corrected chi connectivity index (χ0v) is 16.5. The molecular weight excluding hydrogens is 403 g/mol. The fraction of sp³-hybridized carbons (Fsp3) is 0.300. The van der Waals surface area contributed by atoms with E-state index in [0.717, 1.165) is 5.56 Å². The zero-order valence-electron chi connectivity index (χ0n) is 15.0. The van der Waals surface area contributed by atoms with Crippen LogP contribution in [0.25, 0.3) is 0 Å². The van der Waals surface area contributed by atoms with E-state index in [9.17, 15) is 9.59 Å². The fourth-order valence-electron chi connectivity index (χ4n) is 3.21. The van der Waals surface area contributed by atoms with Crippen LogP contribution < -0.4 is 10.6 Å². The van der Waals surface area contributed by atoms with Crippen molar-refractivity contribution in [2.45, 2.75) is 12.5 Å². The van der Waals surface area contributed by atoms with Gasteiger partial charge in [0.25, 0.3) is 0 Å². The minimum atomic E-state index is -1.04. The number of aromatic carboxylic acids is 1. The molecule has 1 fully saturated rings. The summed E-state index contributed by atoms with van der Waals surface area (Å²) in [6, 6.07) is 11.5. The second kappa shape index (κ2) is 9.39. The number of hydrogen-bond donors (Lipinski definition) is 3. The average molecular weight is 423 g/mol. The Kier molecular flexibility index (Phi) is 6.91. The van der Waals surface area contributed by atoms with Gasteiger partial charge < -0.3 is 20.5 Å². The van der Waals surface area contributed by atoms with E-state index in [1.165, 1.54) is 12.1 Å². The van der Waals surface area contributed by atoms with Crippen LogP contribution in [0.4, 0.5) is 5.69 Å². The summed E-state index contributed by atoms with van der Waals surface area (Å²) < 4.78 is 5.98. The molecule has 2 aromatic rings. The third-order valence-corrected chi connectivity index (χ3v) is 5.26. The summed E-state index contributed by atoms with van der Waals surface area (Å²) in [7, 11) is 0. The summed E-state index contributed by atoms with van der Waals surface area (Å²) in [5.74, 6) is -1.38. The fourth-order valence-corrected chi connectivity index (χ4v) is 3.51. The Hall–Kier alpha value is -2.12. The van der Waals surface area contributed by atoms with E-state index in [0.29, 0.717) is 35.4 Å². The van der Waals surface area contributed by atoms with Crippen molar-refractivity contribution in [1.29, 1.82) is 0 Å². The Bertz CT molecular complexity index is 875. The molecule has 1 aliphatic rings. The Balaban J connectivity index is 1.73. The first kappa shape index (κ1) is 20.6. The van der Waals surface area contributed by atoms with Crippen LogP contribution in [0.2, 0.25) is 10.0 Å². The lowest BCUT2D eigenvalue weighted by atomic mass is 9.92. The maximum absolute atomic E-state index is 12.6. The van der Waals surface area contributed by atoms with Gasteiger partial charge in [0.2, 0.25) is 5.91 Å². The lowest BCUT2D eigenvalue weighted by molar-refractivity contribution is -0.118. The number of benzene rings is 2. The predicted octanol–water partition coefficient (Wildman–Crippen LogP) is 4.00. The topological polar surface area (TPSA) is 87.7 Å². The molecule has 1 heterocycles. The molecule has 28 heavy (non-hydrogen) atoms. The number of anilines is 1. The van der Waals surface area contributed by atoms with Gasteiger partial charge >= 0.3 is 5.97 Å². The lowest BCUT2D eigenvalue weighted by Gasteiger charge is -2.25. The van der Waals surface area contributed by atoms with Gasteiger partial charge in [-0.05, 0) is 35.9 Å². The van der Waals surface area contributed by atoms with Crippen LogP contribution in [-0.2, 0) is 9.53 Å². The first-order valence-corrected chi connectivity index (χ1v) is 9.60. The zero-order chi connectivity index (χ0) is 20.1. The molecular formula is C20H20Cl2N2O4. The van der Waals surface area contributed by atoms with Crippen LogP contribution in [0.15, 0.2) is 42.5 Å². The van der Waals surface area contributed by atoms with Crippen molar-refractivity contribution < 1.29 is 19.4 Å². The van der Waals surface area contributed by atoms with Gasteiger partial charge in [-0.1, -0.05) is 35.3 Å². The average Bonchev–Trinajstić information content (AvgIpc) is 2.89. The van der Waals surface area contributed by atoms with Crippen LogP contribution in [0.1, 0.15) is 28.4 Å². The summed E-state index contributed by atoms with van der Waals surface area (Å²) >= 11 is 12.2. The number of carboxylic acids is 1. The minimum Gasteiger partial charge on any atom is -0.478 e. The number of carboxylic acid groups (broad SMARTS) is 1. The first-order chi connectivity index (χ1) is 13.4. The molecule has 0 radical (unpaired) electrons. The van der Waals surface area contributed by atoms with Gasteiger partial charge in [0.1, 0.15) is 0 Å². The molecule has 2 atom stereocenters. The molecule has 0 spiro atoms. The summed E-state index contributed by atoms with van der Waals surface area (Å²) in [6.07, 6.45) is -0.101. The Morgan fingerprint density at radius 3 is 2.75 bits per heavy atom. The maximum atomic E-state index is 12.6. The van der Waals surface area contributed by atoms with Crippen molar-refractivity contribution in [1.82, 2.24) is 5.32 Å². The van der Waals surface area contributed by atoms with Gasteiger partial charge in [-0.3, -0.25) is 4.79 Å². The van der Waals surface area contributed by atoms with E-state index in [-0.39, 0.29) is 29.9 Å². The molecule has 1 amide bonds. The van der Waals surface area contributed by atoms with Gasteiger partial charge in [-0.15, -0.1) is 0 Å². The number of nitrogens with one attached hydrogen (secondary N) is 2. The first-order valence-electron chi connectivity index (χ1n) is 8.84. The highest BCUT2D eigenvalue weighted by atomic mass is 35.5. The van der Waals surface area contributed by atoms with E-state index >= 15 is 0 Å². The summed E-state index contributed by atoms with van der Waals surface area (Å²) in [5.41, 5.74) is 1.42. The molecule has 0 bridgehead atoms. The van der Waals surface area contributed by atoms with Crippen LogP contribution in [0.3, 0.4) is 0 Å². The molecule has 1 saturated heterocycles. The molecule has 6 nitrogen and oxygen atoms in total. The quantitative estimate of drug-likeness (QED) is 0.677. The smallest absolute Gasteiger partial charge is 0.335 e. The molecule has 0 saturated carbocycles. The van der Waals surface area contributed by atoms with Crippen molar-refractivity contribution in [2.75, 3.05) is 25.0 Å². The molecule has 2 unspecified atom stereocenters.